The van der Waals surface area contributed by atoms with Crippen LogP contribution in [0.25, 0.3) is 4.13 Å². The highest BCUT2D eigenvalue weighted by Crippen LogP contribution is 2.36. The van der Waals surface area contributed by atoms with Gasteiger partial charge in [-0.15, -0.1) is 0 Å². The molecule has 0 aromatic rings. The van der Waals surface area contributed by atoms with Crippen LogP contribution in [0.2, 0.25) is 0 Å². The normalized spacial score (nSPS) is 13.3. The van der Waals surface area contributed by atoms with Crippen LogP contribution in [0.5, 0.6) is 0 Å². The molecule has 16 heteroatoms. The van der Waals surface area contributed by atoms with Crippen LogP contribution in [0.3, 0.4) is 0 Å². The average Bonchev–Trinajstić information content (AvgIpc) is 2.56. The Kier molecular flexibility index (Phi) is 11.4. The molecule has 0 unspecified atom stereocenters. The first kappa shape index (κ1) is 29.8. The predicted molar refractivity (Wildman–Crippen MR) is 93.3 cm³/mol. The summed E-state index contributed by atoms with van der Waals surface area (Å²) in [6, 6.07) is 0. The fourth-order valence-corrected chi connectivity index (χ4v) is 3.21. The van der Waals surface area contributed by atoms with Gasteiger partial charge < -0.3 is 13.9 Å². The molecule has 0 aliphatic carbocycles. The maximum Gasteiger partial charge on any atom is 0.480 e. The zero-order valence-corrected chi connectivity index (χ0v) is 17.5. The number of rotatable bonds is 9. The highest BCUT2D eigenvalue weighted by Gasteiger charge is 2.46. The van der Waals surface area contributed by atoms with Gasteiger partial charge >= 0.3 is 11.0 Å². The molecular formula is C13H23F6N3O5S2. The molecule has 0 bridgehead atoms. The maximum absolute atomic E-state index is 11.4. The van der Waals surface area contributed by atoms with Crippen molar-refractivity contribution in [1.29, 1.82) is 0 Å². The summed E-state index contributed by atoms with van der Waals surface area (Å²) in [7, 11) is -11.2. The van der Waals surface area contributed by atoms with Crippen molar-refractivity contribution >= 4 is 26.0 Å². The molecule has 0 saturated heterocycles. The molecule has 0 aliphatic heterocycles. The predicted octanol–water partition coefficient (Wildman–Crippen LogP) is 2.22. The summed E-state index contributed by atoms with van der Waals surface area (Å²) in [5.74, 6) is -0.0767. The van der Waals surface area contributed by atoms with Gasteiger partial charge in [0.05, 0.1) is 26.7 Å². The van der Waals surface area contributed by atoms with Crippen molar-refractivity contribution in [1.82, 2.24) is 5.32 Å². The van der Waals surface area contributed by atoms with Crippen LogP contribution in [0.15, 0.2) is 12.7 Å². The fraction of sp³-hybridized carbons (Fsp3) is 0.769. The molecule has 0 aliphatic rings. The van der Waals surface area contributed by atoms with Gasteiger partial charge in [0, 0.05) is 13.0 Å². The van der Waals surface area contributed by atoms with Gasteiger partial charge in [-0.1, -0.05) is 6.58 Å². The average molecular weight is 479 g/mol. The number of carbonyl (C=O) groups excluding carboxylic acids is 1. The van der Waals surface area contributed by atoms with Crippen molar-refractivity contribution in [2.45, 2.75) is 31.3 Å². The van der Waals surface area contributed by atoms with Crippen molar-refractivity contribution < 1.29 is 52.5 Å². The molecule has 0 saturated carbocycles. The minimum absolute atomic E-state index is 0.0767. The van der Waals surface area contributed by atoms with Crippen LogP contribution in [-0.2, 0) is 24.8 Å². The van der Waals surface area contributed by atoms with E-state index in [0.29, 0.717) is 0 Å². The zero-order chi connectivity index (χ0) is 23.7. The first-order valence-corrected chi connectivity index (χ1v) is 10.8. The Morgan fingerprint density at radius 1 is 1.00 bits per heavy atom. The lowest BCUT2D eigenvalue weighted by atomic mass is 10.3. The van der Waals surface area contributed by atoms with E-state index in [-0.39, 0.29) is 5.91 Å². The number of nitrogens with zero attached hydrogens (tertiary/aromatic N) is 2. The number of quaternary nitrogens is 1. The fourth-order valence-electron chi connectivity index (χ4n) is 1.50. The molecule has 0 spiro atoms. The van der Waals surface area contributed by atoms with Gasteiger partial charge in [-0.2, -0.15) is 26.3 Å². The van der Waals surface area contributed by atoms with Crippen molar-refractivity contribution in [3.63, 3.8) is 0 Å². The molecule has 29 heavy (non-hydrogen) atoms. The third-order valence-electron chi connectivity index (χ3n) is 3.67. The van der Waals surface area contributed by atoms with Crippen LogP contribution >= 0.6 is 0 Å². The second-order valence-electron chi connectivity index (χ2n) is 5.74. The van der Waals surface area contributed by atoms with Crippen LogP contribution in [0.4, 0.5) is 26.3 Å². The standard InChI is InChI=1S/C11H22N2O.C2F6NO4S2/c1-5-11(14)12-9-8-10-13(4,6-2)7-3;3-1(4,5)14(10,11)9-15(12,13)2(6,7)8/h5H,1,6-10H2,2-4H3;/q;-1/p+1. The van der Waals surface area contributed by atoms with Crippen LogP contribution in [0, 0.1) is 0 Å². The monoisotopic (exact) mass is 479 g/mol. The van der Waals surface area contributed by atoms with E-state index in [1.54, 1.807) is 0 Å². The number of halogens is 6. The number of carbonyl (C=O) groups is 1. The van der Waals surface area contributed by atoms with Gasteiger partial charge in [-0.3, -0.25) is 4.79 Å². The molecule has 0 aromatic carbocycles. The summed E-state index contributed by atoms with van der Waals surface area (Å²) in [5.41, 5.74) is -12.4. The van der Waals surface area contributed by atoms with E-state index in [1.165, 1.54) is 6.08 Å². The number of hydrogen-bond donors (Lipinski definition) is 1. The van der Waals surface area contributed by atoms with Gasteiger partial charge in [0.2, 0.25) is 5.91 Å². The maximum atomic E-state index is 11.4. The molecule has 0 aromatic heterocycles. The lowest BCUT2D eigenvalue weighted by molar-refractivity contribution is -0.906. The Morgan fingerprint density at radius 2 is 1.38 bits per heavy atom. The molecule has 0 atom stereocenters. The van der Waals surface area contributed by atoms with E-state index >= 15 is 0 Å². The summed E-state index contributed by atoms with van der Waals surface area (Å²) < 4.78 is 110. The second-order valence-corrected chi connectivity index (χ2v) is 9.16. The van der Waals surface area contributed by atoms with Gasteiger partial charge in [0.1, 0.15) is 0 Å². The zero-order valence-electron chi connectivity index (χ0n) is 15.8. The van der Waals surface area contributed by atoms with Gasteiger partial charge in [0.15, 0.2) is 20.0 Å². The molecule has 174 valence electrons. The minimum Gasteiger partial charge on any atom is -0.421 e. The Labute approximate surface area is 165 Å². The number of nitrogens with one attached hydrogen (secondary N) is 1. The lowest BCUT2D eigenvalue weighted by Gasteiger charge is -2.32. The Bertz CT molecular complexity index is 702. The number of alkyl halides is 6. The van der Waals surface area contributed by atoms with Crippen molar-refractivity contribution in [2.24, 2.45) is 0 Å². The van der Waals surface area contributed by atoms with Crippen LogP contribution in [0.1, 0.15) is 20.3 Å². The summed E-state index contributed by atoms with van der Waals surface area (Å²) >= 11 is 0. The summed E-state index contributed by atoms with van der Waals surface area (Å²) in [6.45, 7) is 12.0. The summed E-state index contributed by atoms with van der Waals surface area (Å²) in [6.07, 6.45) is 2.34. The first-order valence-electron chi connectivity index (χ1n) is 7.89. The van der Waals surface area contributed by atoms with Crippen LogP contribution in [-0.4, -0.2) is 71.5 Å². The topological polar surface area (TPSA) is 111 Å². The number of sulfonamides is 2. The molecule has 0 fully saturated rings. The van der Waals surface area contributed by atoms with E-state index in [2.05, 4.69) is 32.8 Å². The Morgan fingerprint density at radius 3 is 1.66 bits per heavy atom. The second kappa shape index (κ2) is 11.1. The Balaban J connectivity index is 0. The summed E-state index contributed by atoms with van der Waals surface area (Å²) in [4.78, 5) is 10.8. The van der Waals surface area contributed by atoms with E-state index < -0.39 is 31.1 Å². The molecule has 0 radical (unpaired) electrons. The number of amides is 1. The van der Waals surface area contributed by atoms with E-state index in [0.717, 1.165) is 41.2 Å². The molecule has 1 N–H and O–H groups in total. The quantitative estimate of drug-likeness (QED) is 0.236. The van der Waals surface area contributed by atoms with Gasteiger partial charge in [-0.25, -0.2) is 16.8 Å². The highest BCUT2D eigenvalue weighted by molar-refractivity contribution is 8.13. The molecule has 0 rings (SSSR count). The smallest absolute Gasteiger partial charge is 0.421 e. The van der Waals surface area contributed by atoms with E-state index in [1.807, 2.05) is 0 Å². The molecule has 1 amide bonds. The largest absolute Gasteiger partial charge is 0.480 e. The van der Waals surface area contributed by atoms with E-state index in [4.69, 9.17) is 0 Å². The van der Waals surface area contributed by atoms with Gasteiger partial charge in [0.25, 0.3) is 0 Å². The summed E-state index contributed by atoms with van der Waals surface area (Å²) in [5, 5.41) is 2.79. The Hall–Kier alpha value is -1.39. The highest BCUT2D eigenvalue weighted by atomic mass is 32.3. The number of hydrogen-bond acceptors (Lipinski definition) is 5. The molecular weight excluding hydrogens is 456 g/mol. The third-order valence-corrected chi connectivity index (χ3v) is 6.41. The van der Waals surface area contributed by atoms with E-state index in [9.17, 15) is 48.0 Å². The van der Waals surface area contributed by atoms with Crippen molar-refractivity contribution in [3.05, 3.63) is 16.8 Å². The first-order chi connectivity index (χ1) is 12.8. The lowest BCUT2D eigenvalue weighted by Crippen LogP contribution is -2.45. The van der Waals surface area contributed by atoms with Crippen LogP contribution < -0.4 is 5.32 Å². The van der Waals surface area contributed by atoms with Crippen molar-refractivity contribution in [2.75, 3.05) is 33.2 Å². The SMILES string of the molecule is C=CC(=O)NCCC[N+](C)(CC)CC.O=S(=O)([N-]S(=O)(=O)C(F)(F)F)C(F)(F)F. The van der Waals surface area contributed by atoms with Crippen molar-refractivity contribution in [3.8, 4) is 0 Å². The molecule has 0 heterocycles. The third kappa shape index (κ3) is 10.8. The minimum atomic E-state index is -6.72. The molecule has 8 nitrogen and oxygen atoms in total. The van der Waals surface area contributed by atoms with Gasteiger partial charge in [-0.05, 0) is 19.9 Å².